The van der Waals surface area contributed by atoms with Crippen LogP contribution in [-0.4, -0.2) is 52.6 Å². The summed E-state index contributed by atoms with van der Waals surface area (Å²) in [4.78, 5) is 4.76. The molecular formula is C19H31N3O3S. The molecule has 1 fully saturated rings. The Labute approximate surface area is 157 Å². The third-order valence-corrected chi connectivity index (χ3v) is 5.72. The van der Waals surface area contributed by atoms with E-state index in [4.69, 9.17) is 9.73 Å². The number of nitrogens with one attached hydrogen (secondary N) is 2. The van der Waals surface area contributed by atoms with Gasteiger partial charge in [-0.05, 0) is 50.8 Å². The van der Waals surface area contributed by atoms with Gasteiger partial charge in [-0.3, -0.25) is 4.99 Å². The van der Waals surface area contributed by atoms with Gasteiger partial charge >= 0.3 is 0 Å². The second kappa shape index (κ2) is 8.75. The summed E-state index contributed by atoms with van der Waals surface area (Å²) in [6.07, 6.45) is 4.09. The Balaban J connectivity index is 1.99. The zero-order chi connectivity index (χ0) is 19.2. The molecule has 1 aromatic rings. The second-order valence-corrected chi connectivity index (χ2v) is 9.43. The number of nitrogens with zero attached hydrogens (tertiary/aromatic N) is 1. The van der Waals surface area contributed by atoms with Crippen LogP contribution in [0.1, 0.15) is 38.7 Å². The van der Waals surface area contributed by atoms with Gasteiger partial charge in [0.15, 0.2) is 5.96 Å². The first kappa shape index (κ1) is 20.6. The zero-order valence-electron chi connectivity index (χ0n) is 16.2. The van der Waals surface area contributed by atoms with Crippen LogP contribution in [0.15, 0.2) is 29.3 Å². The lowest BCUT2D eigenvalue weighted by molar-refractivity contribution is 0.414. The first-order valence-electron chi connectivity index (χ1n) is 9.15. The van der Waals surface area contributed by atoms with Gasteiger partial charge in [-0.2, -0.15) is 0 Å². The zero-order valence-corrected chi connectivity index (χ0v) is 17.0. The molecule has 2 rings (SSSR count). The summed E-state index contributed by atoms with van der Waals surface area (Å²) in [5.41, 5.74) is 1.41. The van der Waals surface area contributed by atoms with Crippen LogP contribution in [0.3, 0.4) is 0 Å². The maximum atomic E-state index is 11.3. The van der Waals surface area contributed by atoms with Gasteiger partial charge in [0.2, 0.25) is 0 Å². The van der Waals surface area contributed by atoms with E-state index in [0.717, 1.165) is 31.1 Å². The number of aliphatic imine (C=N–C) groups is 1. The predicted octanol–water partition coefficient (Wildman–Crippen LogP) is 2.11. The number of sulfone groups is 1. The van der Waals surface area contributed by atoms with Gasteiger partial charge in [0.05, 0.1) is 19.4 Å². The van der Waals surface area contributed by atoms with E-state index in [-0.39, 0.29) is 17.2 Å². The highest BCUT2D eigenvalue weighted by molar-refractivity contribution is 7.90. The minimum absolute atomic E-state index is 0.0404. The lowest BCUT2D eigenvalue weighted by atomic mass is 9.96. The summed E-state index contributed by atoms with van der Waals surface area (Å²) in [7, 11) is -1.27. The van der Waals surface area contributed by atoms with Crippen molar-refractivity contribution in [3.05, 3.63) is 29.8 Å². The first-order chi connectivity index (χ1) is 12.3. The number of methoxy groups -OCH3 is 1. The first-order valence-corrected chi connectivity index (χ1v) is 11.2. The smallest absolute Gasteiger partial charge is 0.191 e. The van der Waals surface area contributed by atoms with E-state index in [1.54, 1.807) is 7.11 Å². The van der Waals surface area contributed by atoms with Crippen LogP contribution < -0.4 is 15.4 Å². The van der Waals surface area contributed by atoms with Gasteiger partial charge in [0, 0.05) is 24.3 Å². The van der Waals surface area contributed by atoms with E-state index < -0.39 is 9.84 Å². The van der Waals surface area contributed by atoms with Gasteiger partial charge in [-0.25, -0.2) is 8.42 Å². The Morgan fingerprint density at radius 1 is 1.31 bits per heavy atom. The van der Waals surface area contributed by atoms with Crippen LogP contribution in [0.25, 0.3) is 0 Å². The number of hydrogen-bond acceptors (Lipinski definition) is 4. The third kappa shape index (κ3) is 6.20. The molecule has 0 aromatic heterocycles. The molecule has 0 saturated heterocycles. The molecule has 2 N–H and O–H groups in total. The minimum atomic E-state index is -2.95. The van der Waals surface area contributed by atoms with E-state index >= 15 is 0 Å². The quantitative estimate of drug-likeness (QED) is 0.506. The number of rotatable bonds is 9. The highest BCUT2D eigenvalue weighted by Gasteiger charge is 2.44. The van der Waals surface area contributed by atoms with Gasteiger partial charge < -0.3 is 15.4 Å². The van der Waals surface area contributed by atoms with Crippen molar-refractivity contribution < 1.29 is 13.2 Å². The van der Waals surface area contributed by atoms with Crippen molar-refractivity contribution in [1.82, 2.24) is 10.6 Å². The minimum Gasteiger partial charge on any atom is -0.497 e. The molecule has 0 heterocycles. The highest BCUT2D eigenvalue weighted by atomic mass is 32.2. The molecular weight excluding hydrogens is 350 g/mol. The van der Waals surface area contributed by atoms with E-state index in [1.807, 2.05) is 26.0 Å². The standard InChI is InChI=1S/C19H31N3O3S/c1-5-20-18(22-15(2)10-13-26(4,23)24)21-14-19(11-12-19)16-6-8-17(25-3)9-7-16/h6-9,15H,5,10-14H2,1-4H3,(H2,20,21,22). The molecule has 0 aliphatic heterocycles. The van der Waals surface area contributed by atoms with Crippen molar-refractivity contribution in [2.45, 2.75) is 44.6 Å². The van der Waals surface area contributed by atoms with Crippen LogP contribution in [0.5, 0.6) is 5.75 Å². The fourth-order valence-corrected chi connectivity index (χ4v) is 3.66. The van der Waals surface area contributed by atoms with E-state index in [0.29, 0.717) is 13.0 Å². The Morgan fingerprint density at radius 2 is 1.96 bits per heavy atom. The van der Waals surface area contributed by atoms with Crippen molar-refractivity contribution >= 4 is 15.8 Å². The summed E-state index contributed by atoms with van der Waals surface area (Å²) < 4.78 is 27.9. The van der Waals surface area contributed by atoms with Crippen LogP contribution >= 0.6 is 0 Å². The molecule has 6 nitrogen and oxygen atoms in total. The molecule has 146 valence electrons. The SMILES string of the molecule is CCNC(=NCC1(c2ccc(OC)cc2)CC1)NC(C)CCS(C)(=O)=O. The third-order valence-electron chi connectivity index (χ3n) is 4.74. The van der Waals surface area contributed by atoms with Crippen LogP contribution in [0.2, 0.25) is 0 Å². The largest absolute Gasteiger partial charge is 0.497 e. The molecule has 7 heteroatoms. The van der Waals surface area contributed by atoms with Crippen LogP contribution in [-0.2, 0) is 15.3 Å². The monoisotopic (exact) mass is 381 g/mol. The van der Waals surface area contributed by atoms with Crippen molar-refractivity contribution in [2.75, 3.05) is 32.2 Å². The summed E-state index contributed by atoms with van der Waals surface area (Å²) in [5.74, 6) is 1.78. The molecule has 1 unspecified atom stereocenters. The molecule has 0 bridgehead atoms. The van der Waals surface area contributed by atoms with Crippen LogP contribution in [0, 0.1) is 0 Å². The summed E-state index contributed by atoms with van der Waals surface area (Å²) in [5, 5.41) is 6.57. The normalized spacial score (nSPS) is 17.5. The van der Waals surface area contributed by atoms with E-state index in [1.165, 1.54) is 11.8 Å². The Bertz CT molecular complexity index is 710. The maximum Gasteiger partial charge on any atom is 0.191 e. The van der Waals surface area contributed by atoms with Crippen molar-refractivity contribution in [3.8, 4) is 5.75 Å². The molecule has 1 aliphatic rings. The fourth-order valence-electron chi connectivity index (χ4n) is 2.88. The summed E-state index contributed by atoms with van der Waals surface area (Å²) in [6.45, 7) is 5.48. The Hall–Kier alpha value is -1.76. The molecule has 1 aliphatic carbocycles. The predicted molar refractivity (Wildman–Crippen MR) is 107 cm³/mol. The average Bonchev–Trinajstić information content (AvgIpc) is 3.39. The average molecular weight is 382 g/mol. The summed E-state index contributed by atoms with van der Waals surface area (Å²) >= 11 is 0. The van der Waals surface area contributed by atoms with Gasteiger partial charge in [-0.15, -0.1) is 0 Å². The molecule has 1 saturated carbocycles. The molecule has 0 spiro atoms. The van der Waals surface area contributed by atoms with Crippen molar-refractivity contribution in [3.63, 3.8) is 0 Å². The van der Waals surface area contributed by atoms with Gasteiger partial charge in [0.25, 0.3) is 0 Å². The number of guanidine groups is 1. The number of hydrogen-bond donors (Lipinski definition) is 2. The molecule has 26 heavy (non-hydrogen) atoms. The Kier molecular flexibility index (Phi) is 6.92. The highest BCUT2D eigenvalue weighted by Crippen LogP contribution is 2.48. The van der Waals surface area contributed by atoms with E-state index in [2.05, 4.69) is 22.8 Å². The molecule has 1 aromatic carbocycles. The van der Waals surface area contributed by atoms with E-state index in [9.17, 15) is 8.42 Å². The number of ether oxygens (including phenoxy) is 1. The van der Waals surface area contributed by atoms with Crippen LogP contribution in [0.4, 0.5) is 0 Å². The second-order valence-electron chi connectivity index (χ2n) is 7.17. The maximum absolute atomic E-state index is 11.3. The molecule has 0 radical (unpaired) electrons. The lowest BCUT2D eigenvalue weighted by Crippen LogP contribution is -2.43. The van der Waals surface area contributed by atoms with Gasteiger partial charge in [0.1, 0.15) is 15.6 Å². The van der Waals surface area contributed by atoms with Crippen molar-refractivity contribution in [1.29, 1.82) is 0 Å². The van der Waals surface area contributed by atoms with Gasteiger partial charge in [-0.1, -0.05) is 12.1 Å². The molecule has 0 amide bonds. The Morgan fingerprint density at radius 3 is 2.46 bits per heavy atom. The number of benzene rings is 1. The topological polar surface area (TPSA) is 79.8 Å². The van der Waals surface area contributed by atoms with Crippen molar-refractivity contribution in [2.24, 2.45) is 4.99 Å². The molecule has 1 atom stereocenters. The lowest BCUT2D eigenvalue weighted by Gasteiger charge is -2.19. The fraction of sp³-hybridized carbons (Fsp3) is 0.632. The summed E-state index contributed by atoms with van der Waals surface area (Å²) in [6, 6.07) is 8.28.